The van der Waals surface area contributed by atoms with Gasteiger partial charge in [-0.25, -0.2) is 0 Å². The lowest BCUT2D eigenvalue weighted by Gasteiger charge is -2.30. The minimum atomic E-state index is -0.917. The molecule has 45 heavy (non-hydrogen) atoms. The molecule has 3 atom stereocenters. The lowest BCUT2D eigenvalue weighted by molar-refractivity contribution is -0.870. The summed E-state index contributed by atoms with van der Waals surface area (Å²) in [5.74, 6) is 0.654. The number of unbranched alkanes of at least 4 members (excludes halogenated alkanes) is 1. The number of methoxy groups -OCH3 is 2. The molecule has 1 N–H and O–H groups in total. The summed E-state index contributed by atoms with van der Waals surface area (Å²) in [4.78, 5) is 30.9. The van der Waals surface area contributed by atoms with Crippen LogP contribution < -0.4 is 23.7 Å². The van der Waals surface area contributed by atoms with E-state index in [1.807, 2.05) is 46.2 Å². The predicted molar refractivity (Wildman–Crippen MR) is 170 cm³/mol. The molecule has 2 aromatic rings. The number of carboxylic acids is 1. The van der Waals surface area contributed by atoms with Gasteiger partial charge in [-0.05, 0) is 42.7 Å². The van der Waals surface area contributed by atoms with Crippen molar-refractivity contribution in [1.29, 1.82) is 0 Å². The molecule has 2 aliphatic heterocycles. The van der Waals surface area contributed by atoms with Gasteiger partial charge in [-0.2, -0.15) is 0 Å². The van der Waals surface area contributed by atoms with Gasteiger partial charge >= 0.3 is 5.97 Å². The lowest BCUT2D eigenvalue weighted by atomic mass is 9.84. The minimum Gasteiger partial charge on any atom is -0.493 e. The summed E-state index contributed by atoms with van der Waals surface area (Å²) < 4.78 is 29.2. The predicted octanol–water partition coefficient (Wildman–Crippen LogP) is 4.10. The highest BCUT2D eigenvalue weighted by Crippen LogP contribution is 2.47. The summed E-state index contributed by atoms with van der Waals surface area (Å²) in [7, 11) is 9.59. The van der Waals surface area contributed by atoms with E-state index in [4.69, 9.17) is 23.7 Å². The van der Waals surface area contributed by atoms with E-state index in [0.717, 1.165) is 35.9 Å². The SMILES string of the molecule is CCCCN(CCC[N+](C)(C)C)C(=O)CN1CC(c2cc(OC)c3c(c2)OCO3)C(C(=O)O)C1CCOc1ccccc1OC. The summed E-state index contributed by atoms with van der Waals surface area (Å²) in [6, 6.07) is 10.6. The first-order valence-electron chi connectivity index (χ1n) is 15.8. The third kappa shape index (κ3) is 8.73. The summed E-state index contributed by atoms with van der Waals surface area (Å²) in [5, 5.41) is 10.6. The van der Waals surface area contributed by atoms with E-state index in [0.29, 0.717) is 54.8 Å². The van der Waals surface area contributed by atoms with Gasteiger partial charge in [0.1, 0.15) is 0 Å². The van der Waals surface area contributed by atoms with Crippen molar-refractivity contribution in [3.05, 3.63) is 42.0 Å². The molecule has 1 amide bonds. The molecular weight excluding hydrogens is 578 g/mol. The smallest absolute Gasteiger partial charge is 0.308 e. The standard InChI is InChI=1S/C34H49N3O8/c1-7-8-15-35(16-11-17-37(2,3)4)31(38)22-36-21-25(24-19-29(42-6)33-30(20-24)44-23-45-33)32(34(39)40)26(36)14-18-43-28-13-10-9-12-27(28)41-5/h9-10,12-13,19-20,25-26,32H,7-8,11,14-18,21-23H2,1-6H3/p+1. The van der Waals surface area contributed by atoms with Crippen molar-refractivity contribution < 1.29 is 42.9 Å². The van der Waals surface area contributed by atoms with Crippen molar-refractivity contribution in [2.75, 3.05) is 81.5 Å². The van der Waals surface area contributed by atoms with Crippen LogP contribution in [0.4, 0.5) is 0 Å². The van der Waals surface area contributed by atoms with Gasteiger partial charge in [0, 0.05) is 38.0 Å². The molecule has 4 rings (SSSR count). The van der Waals surface area contributed by atoms with Crippen LogP contribution in [0.15, 0.2) is 36.4 Å². The molecule has 0 radical (unpaired) electrons. The number of benzene rings is 2. The summed E-state index contributed by atoms with van der Waals surface area (Å²) >= 11 is 0. The van der Waals surface area contributed by atoms with E-state index in [1.165, 1.54) is 0 Å². The van der Waals surface area contributed by atoms with Gasteiger partial charge in [0.15, 0.2) is 23.0 Å². The topological polar surface area (TPSA) is 107 Å². The second-order valence-corrected chi connectivity index (χ2v) is 12.8. The Kier molecular flexibility index (Phi) is 11.8. The third-order valence-corrected chi connectivity index (χ3v) is 8.61. The molecule has 248 valence electrons. The van der Waals surface area contributed by atoms with Crippen LogP contribution in [0.5, 0.6) is 28.7 Å². The van der Waals surface area contributed by atoms with E-state index >= 15 is 0 Å². The number of likely N-dealkylation sites (tertiary alicyclic amines) is 1. The number of rotatable bonds is 17. The number of aliphatic carboxylic acids is 1. The third-order valence-electron chi connectivity index (χ3n) is 8.61. The highest BCUT2D eigenvalue weighted by atomic mass is 16.7. The van der Waals surface area contributed by atoms with Gasteiger partial charge in [-0.15, -0.1) is 0 Å². The molecule has 1 fully saturated rings. The number of fused-ring (bicyclic) bond motifs is 1. The number of carbonyl (C=O) groups is 2. The van der Waals surface area contributed by atoms with Crippen LogP contribution in [0, 0.1) is 5.92 Å². The van der Waals surface area contributed by atoms with Crippen molar-refractivity contribution in [2.45, 2.75) is 44.6 Å². The van der Waals surface area contributed by atoms with Gasteiger partial charge in [0.05, 0.1) is 61.0 Å². The second-order valence-electron chi connectivity index (χ2n) is 12.8. The van der Waals surface area contributed by atoms with Crippen LogP contribution in [0.3, 0.4) is 0 Å². The summed E-state index contributed by atoms with van der Waals surface area (Å²) in [6.07, 6.45) is 3.22. The Labute approximate surface area is 267 Å². The number of amides is 1. The number of carboxylic acid groups (broad SMARTS) is 1. The first-order chi connectivity index (χ1) is 21.6. The highest BCUT2D eigenvalue weighted by molar-refractivity contribution is 5.79. The zero-order chi connectivity index (χ0) is 32.6. The zero-order valence-corrected chi connectivity index (χ0v) is 27.6. The van der Waals surface area contributed by atoms with Gasteiger partial charge in [-0.3, -0.25) is 14.5 Å². The largest absolute Gasteiger partial charge is 0.493 e. The maximum Gasteiger partial charge on any atom is 0.308 e. The first kappa shape index (κ1) is 34.2. The molecule has 0 saturated carbocycles. The van der Waals surface area contributed by atoms with Gasteiger partial charge in [0.25, 0.3) is 0 Å². The lowest BCUT2D eigenvalue weighted by Crippen LogP contribution is -2.46. The molecule has 0 aromatic heterocycles. The average Bonchev–Trinajstić information content (AvgIpc) is 3.63. The Morgan fingerprint density at radius 2 is 1.73 bits per heavy atom. The van der Waals surface area contributed by atoms with Crippen LogP contribution >= 0.6 is 0 Å². The molecule has 2 heterocycles. The van der Waals surface area contributed by atoms with E-state index in [1.54, 1.807) is 14.2 Å². The molecule has 0 spiro atoms. The Hall–Kier alpha value is -3.70. The van der Waals surface area contributed by atoms with Gasteiger partial charge < -0.3 is 38.2 Å². The second kappa shape index (κ2) is 15.5. The van der Waals surface area contributed by atoms with Crippen LogP contribution in [0.2, 0.25) is 0 Å². The van der Waals surface area contributed by atoms with Gasteiger partial charge in [0.2, 0.25) is 18.4 Å². The molecule has 11 heteroatoms. The Bertz CT molecular complexity index is 1300. The normalized spacial score (nSPS) is 19.4. The van der Waals surface area contributed by atoms with Crippen molar-refractivity contribution in [3.8, 4) is 28.7 Å². The number of carbonyl (C=O) groups excluding carboxylic acids is 1. The fourth-order valence-electron chi connectivity index (χ4n) is 6.30. The number of ether oxygens (including phenoxy) is 5. The molecule has 2 aromatic carbocycles. The van der Waals surface area contributed by atoms with Crippen LogP contribution in [-0.2, 0) is 9.59 Å². The molecule has 1 saturated heterocycles. The van der Waals surface area contributed by atoms with Crippen molar-refractivity contribution >= 4 is 11.9 Å². The molecule has 0 aliphatic carbocycles. The van der Waals surface area contributed by atoms with Crippen LogP contribution in [0.25, 0.3) is 0 Å². The maximum atomic E-state index is 13.9. The fraction of sp³-hybridized carbons (Fsp3) is 0.588. The van der Waals surface area contributed by atoms with Crippen LogP contribution in [0.1, 0.15) is 44.1 Å². The Morgan fingerprint density at radius 1 is 1.02 bits per heavy atom. The summed E-state index contributed by atoms with van der Waals surface area (Å²) in [6.45, 7) is 5.31. The fourth-order valence-corrected chi connectivity index (χ4v) is 6.30. The van der Waals surface area contributed by atoms with Gasteiger partial charge in [-0.1, -0.05) is 25.5 Å². The summed E-state index contributed by atoms with van der Waals surface area (Å²) in [5.41, 5.74) is 0.778. The number of para-hydroxylation sites is 2. The number of hydrogen-bond acceptors (Lipinski definition) is 8. The van der Waals surface area contributed by atoms with Crippen molar-refractivity contribution in [2.24, 2.45) is 5.92 Å². The van der Waals surface area contributed by atoms with E-state index in [9.17, 15) is 14.7 Å². The van der Waals surface area contributed by atoms with Crippen molar-refractivity contribution in [1.82, 2.24) is 9.80 Å². The Balaban J connectivity index is 1.60. The van der Waals surface area contributed by atoms with Crippen LogP contribution in [-0.4, -0.2) is 119 Å². The molecule has 11 nitrogen and oxygen atoms in total. The number of quaternary nitrogens is 1. The average molecular weight is 629 g/mol. The molecular formula is C34H50N3O8+. The minimum absolute atomic E-state index is 0.0218. The number of hydrogen-bond donors (Lipinski definition) is 1. The van der Waals surface area contributed by atoms with E-state index in [-0.39, 0.29) is 25.9 Å². The zero-order valence-electron chi connectivity index (χ0n) is 27.6. The molecule has 2 aliphatic rings. The number of nitrogens with zero attached hydrogens (tertiary/aromatic N) is 3. The monoisotopic (exact) mass is 628 g/mol. The first-order valence-corrected chi connectivity index (χ1v) is 15.8. The molecule has 0 bridgehead atoms. The van der Waals surface area contributed by atoms with E-state index in [2.05, 4.69) is 28.1 Å². The Morgan fingerprint density at radius 3 is 2.40 bits per heavy atom. The highest BCUT2D eigenvalue weighted by Gasteiger charge is 2.47. The van der Waals surface area contributed by atoms with E-state index < -0.39 is 23.8 Å². The maximum absolute atomic E-state index is 13.9. The van der Waals surface area contributed by atoms with Crippen molar-refractivity contribution in [3.63, 3.8) is 0 Å². The molecule has 3 unspecified atom stereocenters. The quantitative estimate of drug-likeness (QED) is 0.259.